The highest BCUT2D eigenvalue weighted by molar-refractivity contribution is 6.08. The number of benzene rings is 3. The maximum absolute atomic E-state index is 13.2. The number of carbonyl (C=O) groups is 1. The lowest BCUT2D eigenvalue weighted by atomic mass is 9.85. The van der Waals surface area contributed by atoms with Gasteiger partial charge in [-0.25, -0.2) is 4.79 Å². The molecule has 1 atom stereocenters. The van der Waals surface area contributed by atoms with Gasteiger partial charge in [0.15, 0.2) is 6.10 Å². The van der Waals surface area contributed by atoms with Crippen LogP contribution >= 0.6 is 0 Å². The Bertz CT molecular complexity index is 1440. The third kappa shape index (κ3) is 4.12. The number of rotatable bonds is 7. The minimum Gasteiger partial charge on any atom is -0.493 e. The lowest BCUT2D eigenvalue weighted by Gasteiger charge is -2.31. The van der Waals surface area contributed by atoms with Gasteiger partial charge in [0.2, 0.25) is 0 Å². The number of alkyl halides is 1. The Hall–Kier alpha value is -3.51. The summed E-state index contributed by atoms with van der Waals surface area (Å²) in [5, 5.41) is 13.2. The highest BCUT2D eigenvalue weighted by Gasteiger charge is 2.34. The Balaban J connectivity index is 1.85. The molecule has 2 heterocycles. The van der Waals surface area contributed by atoms with E-state index in [0.29, 0.717) is 12.2 Å². The number of hydrogen-bond donors (Lipinski definition) is 1. The van der Waals surface area contributed by atoms with Gasteiger partial charge in [-0.05, 0) is 66.4 Å². The predicted octanol–water partition coefficient (Wildman–Crippen LogP) is 6.58. The molecule has 5 rings (SSSR count). The van der Waals surface area contributed by atoms with Crippen molar-refractivity contribution in [2.45, 2.75) is 45.3 Å². The lowest BCUT2D eigenvalue weighted by Crippen LogP contribution is -2.31. The summed E-state index contributed by atoms with van der Waals surface area (Å²) in [6.07, 6.45) is 1.40. The SMILES string of the molecule is Cc1cc2ccccc2c(-c2ccc3c4c(ccnc24)CCO3)c1[C@H](OC(C)(C)CCF)C(=O)O. The van der Waals surface area contributed by atoms with Crippen LogP contribution in [0.25, 0.3) is 32.8 Å². The van der Waals surface area contributed by atoms with Crippen LogP contribution < -0.4 is 4.74 Å². The minimum absolute atomic E-state index is 0.0959. The van der Waals surface area contributed by atoms with Gasteiger partial charge in [-0.15, -0.1) is 0 Å². The molecule has 3 aromatic carbocycles. The van der Waals surface area contributed by atoms with Crippen molar-refractivity contribution in [3.8, 4) is 16.9 Å². The van der Waals surface area contributed by atoms with Crippen LogP contribution in [0.3, 0.4) is 0 Å². The van der Waals surface area contributed by atoms with E-state index in [9.17, 15) is 14.3 Å². The van der Waals surface area contributed by atoms with E-state index in [1.807, 2.05) is 55.5 Å². The van der Waals surface area contributed by atoms with Crippen LogP contribution in [0.2, 0.25) is 0 Å². The van der Waals surface area contributed by atoms with Crippen LogP contribution in [0.15, 0.2) is 54.7 Å². The Kier molecular flexibility index (Phi) is 5.93. The number of aryl methyl sites for hydroxylation is 1. The Morgan fingerprint density at radius 3 is 2.80 bits per heavy atom. The van der Waals surface area contributed by atoms with Gasteiger partial charge in [-0.1, -0.05) is 30.3 Å². The zero-order chi connectivity index (χ0) is 24.7. The number of hydrogen-bond acceptors (Lipinski definition) is 4. The van der Waals surface area contributed by atoms with Crippen LogP contribution in [-0.4, -0.2) is 34.9 Å². The second-order valence-corrected chi connectivity index (χ2v) is 9.64. The molecule has 1 aliphatic heterocycles. The van der Waals surface area contributed by atoms with Crippen molar-refractivity contribution in [3.05, 3.63) is 71.4 Å². The summed E-state index contributed by atoms with van der Waals surface area (Å²) in [5.41, 5.74) is 3.91. The van der Waals surface area contributed by atoms with Gasteiger partial charge in [0.25, 0.3) is 0 Å². The van der Waals surface area contributed by atoms with Gasteiger partial charge in [-0.2, -0.15) is 0 Å². The molecule has 5 nitrogen and oxygen atoms in total. The first-order valence-electron chi connectivity index (χ1n) is 11.8. The average Bonchev–Trinajstić information content (AvgIpc) is 2.83. The molecule has 0 unspecified atom stereocenters. The molecule has 1 aromatic heterocycles. The normalized spacial score (nSPS) is 14.2. The van der Waals surface area contributed by atoms with Crippen molar-refractivity contribution < 1.29 is 23.8 Å². The maximum Gasteiger partial charge on any atom is 0.337 e. The average molecular weight is 474 g/mol. The summed E-state index contributed by atoms with van der Waals surface area (Å²) in [5.74, 6) is -0.331. The van der Waals surface area contributed by atoms with E-state index < -0.39 is 24.3 Å². The highest BCUT2D eigenvalue weighted by atomic mass is 19.1. The van der Waals surface area contributed by atoms with Crippen molar-refractivity contribution in [2.24, 2.45) is 0 Å². The molecule has 1 N–H and O–H groups in total. The predicted molar refractivity (Wildman–Crippen MR) is 135 cm³/mol. The van der Waals surface area contributed by atoms with Crippen molar-refractivity contribution in [3.63, 3.8) is 0 Å². The lowest BCUT2D eigenvalue weighted by molar-refractivity contribution is -0.163. The van der Waals surface area contributed by atoms with Gasteiger partial charge in [0, 0.05) is 35.6 Å². The number of aliphatic carboxylic acids is 1. The second kappa shape index (κ2) is 8.93. The van der Waals surface area contributed by atoms with E-state index in [2.05, 4.69) is 0 Å². The van der Waals surface area contributed by atoms with E-state index in [1.165, 1.54) is 0 Å². The maximum atomic E-state index is 13.2. The molecule has 4 aromatic rings. The molecule has 0 spiro atoms. The monoisotopic (exact) mass is 473 g/mol. The molecule has 0 bridgehead atoms. The first-order valence-corrected chi connectivity index (χ1v) is 11.8. The van der Waals surface area contributed by atoms with Gasteiger partial charge >= 0.3 is 5.97 Å². The summed E-state index contributed by atoms with van der Waals surface area (Å²) in [7, 11) is 0. The molecule has 0 fully saturated rings. The molecule has 0 radical (unpaired) electrons. The number of carboxylic acids is 1. The van der Waals surface area contributed by atoms with E-state index in [1.54, 1.807) is 20.0 Å². The van der Waals surface area contributed by atoms with E-state index in [-0.39, 0.29) is 6.42 Å². The van der Waals surface area contributed by atoms with Gasteiger partial charge in [-0.3, -0.25) is 9.37 Å². The third-order valence-corrected chi connectivity index (χ3v) is 6.75. The summed E-state index contributed by atoms with van der Waals surface area (Å²) < 4.78 is 25.3. The van der Waals surface area contributed by atoms with Crippen molar-refractivity contribution >= 4 is 27.6 Å². The van der Waals surface area contributed by atoms with Gasteiger partial charge in [0.1, 0.15) is 5.75 Å². The Morgan fingerprint density at radius 2 is 2.03 bits per heavy atom. The summed E-state index contributed by atoms with van der Waals surface area (Å²) >= 11 is 0. The summed E-state index contributed by atoms with van der Waals surface area (Å²) in [6, 6.07) is 15.8. The Morgan fingerprint density at radius 1 is 1.23 bits per heavy atom. The third-order valence-electron chi connectivity index (χ3n) is 6.75. The molecule has 35 heavy (non-hydrogen) atoms. The summed E-state index contributed by atoms with van der Waals surface area (Å²) in [6.45, 7) is 5.36. The molecular formula is C29H28FNO4. The van der Waals surface area contributed by atoms with E-state index in [4.69, 9.17) is 14.5 Å². The fraction of sp³-hybridized carbons (Fsp3) is 0.310. The number of pyridine rings is 1. The molecule has 6 heteroatoms. The van der Waals surface area contributed by atoms with E-state index >= 15 is 0 Å². The highest BCUT2D eigenvalue weighted by Crippen LogP contribution is 2.45. The number of nitrogens with zero attached hydrogens (tertiary/aromatic N) is 1. The molecule has 0 amide bonds. The largest absolute Gasteiger partial charge is 0.493 e. The standard InChI is InChI=1S/C29H28FNO4/c1-17-16-19-6-4-5-7-20(19)25(23(17)27(28(32)33)35-29(2,3)12-13-30)21-8-9-22-24-18(11-15-34-22)10-14-31-26(21)24/h4-10,14,16,27H,11-13,15H2,1-3H3,(H,32,33)/t27-/m0/s1. The van der Waals surface area contributed by atoms with Crippen molar-refractivity contribution in [1.29, 1.82) is 0 Å². The minimum atomic E-state index is -1.28. The zero-order valence-corrected chi connectivity index (χ0v) is 20.1. The number of fused-ring (bicyclic) bond motifs is 1. The Labute approximate surface area is 203 Å². The van der Waals surface area contributed by atoms with Crippen LogP contribution in [0.1, 0.15) is 43.1 Å². The number of carboxylic acid groups (broad SMARTS) is 1. The van der Waals surface area contributed by atoms with Crippen LogP contribution in [0.4, 0.5) is 4.39 Å². The van der Waals surface area contributed by atoms with Crippen LogP contribution in [0.5, 0.6) is 5.75 Å². The van der Waals surface area contributed by atoms with Crippen molar-refractivity contribution in [2.75, 3.05) is 13.3 Å². The van der Waals surface area contributed by atoms with Crippen LogP contribution in [-0.2, 0) is 16.0 Å². The first kappa shape index (κ1) is 23.2. The molecule has 180 valence electrons. The first-order chi connectivity index (χ1) is 16.8. The van der Waals surface area contributed by atoms with Crippen LogP contribution in [0, 0.1) is 6.92 Å². The second-order valence-electron chi connectivity index (χ2n) is 9.64. The smallest absolute Gasteiger partial charge is 0.337 e. The number of halogens is 1. The van der Waals surface area contributed by atoms with E-state index in [0.717, 1.165) is 56.1 Å². The number of ether oxygens (including phenoxy) is 2. The topological polar surface area (TPSA) is 68.7 Å². The zero-order valence-electron chi connectivity index (χ0n) is 20.1. The molecular weight excluding hydrogens is 445 g/mol. The fourth-order valence-corrected chi connectivity index (χ4v) is 5.07. The molecule has 1 aliphatic rings. The molecule has 0 saturated heterocycles. The number of aromatic nitrogens is 1. The quantitative estimate of drug-likeness (QED) is 0.328. The summed E-state index contributed by atoms with van der Waals surface area (Å²) in [4.78, 5) is 17.4. The van der Waals surface area contributed by atoms with Gasteiger partial charge < -0.3 is 14.6 Å². The van der Waals surface area contributed by atoms with Crippen molar-refractivity contribution in [1.82, 2.24) is 4.98 Å². The fourth-order valence-electron chi connectivity index (χ4n) is 5.07. The van der Waals surface area contributed by atoms with Gasteiger partial charge in [0.05, 0.1) is 24.4 Å². The molecule has 0 aliphatic carbocycles. The molecule has 0 saturated carbocycles.